The summed E-state index contributed by atoms with van der Waals surface area (Å²) >= 11 is 0. The van der Waals surface area contributed by atoms with Gasteiger partial charge in [-0.2, -0.15) is 9.78 Å². The molecule has 5 rings (SSSR count). The fourth-order valence-electron chi connectivity index (χ4n) is 4.96. The number of aromatic nitrogens is 3. The van der Waals surface area contributed by atoms with Crippen molar-refractivity contribution in [2.24, 2.45) is 5.92 Å². The number of likely N-dealkylation sites (tertiary alicyclic amines) is 1. The quantitative estimate of drug-likeness (QED) is 0.274. The lowest BCUT2D eigenvalue weighted by Crippen LogP contribution is -2.38. The van der Waals surface area contributed by atoms with Crippen LogP contribution >= 0.6 is 0 Å². The first kappa shape index (κ1) is 30.4. The molecule has 4 aromatic rings. The fourth-order valence-corrected chi connectivity index (χ4v) is 4.96. The largest absolute Gasteiger partial charge is 0.453 e. The molecule has 0 spiro atoms. The summed E-state index contributed by atoms with van der Waals surface area (Å²) < 4.78 is 35.2. The highest BCUT2D eigenvalue weighted by Gasteiger charge is 2.20. The fraction of sp³-hybridized carbons (Fsp3) is 0.273. The Bertz CT molecular complexity index is 1770. The summed E-state index contributed by atoms with van der Waals surface area (Å²) in [5.74, 6) is 5.10. The van der Waals surface area contributed by atoms with Gasteiger partial charge in [0.1, 0.15) is 28.5 Å². The monoisotopic (exact) mass is 598 g/mol. The van der Waals surface area contributed by atoms with Crippen molar-refractivity contribution in [2.75, 3.05) is 24.1 Å². The first-order chi connectivity index (χ1) is 21.2. The van der Waals surface area contributed by atoms with E-state index in [0.717, 1.165) is 43.1 Å². The number of hydrogen-bond donors (Lipinski definition) is 2. The van der Waals surface area contributed by atoms with E-state index < -0.39 is 23.1 Å². The lowest BCUT2D eigenvalue weighted by Gasteiger charge is -2.33. The number of nitrogen functional groups attached to an aromatic ring is 1. The minimum atomic E-state index is -0.768. The molecule has 0 unspecified atom stereocenters. The second kappa shape index (κ2) is 13.5. The maximum absolute atomic E-state index is 15.1. The van der Waals surface area contributed by atoms with E-state index in [2.05, 4.69) is 46.0 Å². The van der Waals surface area contributed by atoms with Crippen LogP contribution in [0.25, 0.3) is 5.69 Å². The van der Waals surface area contributed by atoms with E-state index in [0.29, 0.717) is 17.5 Å². The number of amides is 1. The van der Waals surface area contributed by atoms with Crippen LogP contribution in [0.5, 0.6) is 11.5 Å². The van der Waals surface area contributed by atoms with Crippen molar-refractivity contribution in [3.05, 3.63) is 100 Å². The number of nitrogens with two attached hydrogens (primary N) is 1. The van der Waals surface area contributed by atoms with Crippen molar-refractivity contribution in [2.45, 2.75) is 39.2 Å². The van der Waals surface area contributed by atoms with E-state index in [1.807, 2.05) is 0 Å². The second-order valence-corrected chi connectivity index (χ2v) is 10.8. The number of piperidine rings is 1. The highest BCUT2D eigenvalue weighted by Crippen LogP contribution is 2.31. The molecule has 0 atom stereocenters. The topological polar surface area (TPSA) is 115 Å². The minimum Gasteiger partial charge on any atom is -0.453 e. The Hall–Kier alpha value is -5.08. The number of halogens is 2. The van der Waals surface area contributed by atoms with Crippen molar-refractivity contribution >= 4 is 17.4 Å². The van der Waals surface area contributed by atoms with Crippen LogP contribution in [-0.4, -0.2) is 44.7 Å². The Morgan fingerprint density at radius 3 is 2.52 bits per heavy atom. The molecule has 11 heteroatoms. The predicted molar refractivity (Wildman–Crippen MR) is 164 cm³/mol. The smallest absolute Gasteiger partial charge is 0.284 e. The number of nitrogens with zero attached hydrogens (tertiary/aromatic N) is 4. The molecule has 1 saturated heterocycles. The number of anilines is 2. The number of carbonyl (C=O) groups excluding carboxylic acids is 1. The molecule has 2 aromatic heterocycles. The Balaban J connectivity index is 1.27. The maximum Gasteiger partial charge on any atom is 0.284 e. The van der Waals surface area contributed by atoms with Crippen molar-refractivity contribution in [3.63, 3.8) is 0 Å². The minimum absolute atomic E-state index is 0.0992. The van der Waals surface area contributed by atoms with Crippen LogP contribution in [0.2, 0.25) is 0 Å². The van der Waals surface area contributed by atoms with Gasteiger partial charge in [0.25, 0.3) is 11.5 Å². The normalized spacial score (nSPS) is 13.8. The summed E-state index contributed by atoms with van der Waals surface area (Å²) in [6, 6.07) is 12.3. The standard InChI is InChI=1S/C33H32F2N6O3/c1-21(2)40-18-14-22(15-19-40)4-3-5-26-29(13-16-37-31(26)36)44-30-11-8-24(20-28(30)35)39-32(42)27-12-17-38-41(33(27)43)25-9-6-23(34)7-10-25/h6-13,16-17,20-22H,4,14-15,18-19H2,1-2H3,(H2,36,37)(H,39,42). The van der Waals surface area contributed by atoms with Gasteiger partial charge in [-0.25, -0.2) is 13.8 Å². The zero-order chi connectivity index (χ0) is 31.2. The average molecular weight is 599 g/mol. The Morgan fingerprint density at radius 2 is 1.82 bits per heavy atom. The molecule has 0 aliphatic carbocycles. The number of rotatable bonds is 7. The summed E-state index contributed by atoms with van der Waals surface area (Å²) in [4.78, 5) is 32.4. The highest BCUT2D eigenvalue weighted by molar-refractivity contribution is 6.04. The third-order valence-electron chi connectivity index (χ3n) is 7.50. The van der Waals surface area contributed by atoms with Crippen LogP contribution in [0, 0.1) is 29.4 Å². The second-order valence-electron chi connectivity index (χ2n) is 10.8. The molecule has 1 aliphatic heterocycles. The van der Waals surface area contributed by atoms with Gasteiger partial charge in [0.2, 0.25) is 0 Å². The van der Waals surface area contributed by atoms with E-state index in [1.54, 1.807) is 6.07 Å². The van der Waals surface area contributed by atoms with Crippen molar-refractivity contribution in [1.82, 2.24) is 19.7 Å². The van der Waals surface area contributed by atoms with Gasteiger partial charge in [-0.1, -0.05) is 11.8 Å². The van der Waals surface area contributed by atoms with E-state index in [-0.39, 0.29) is 34.3 Å². The predicted octanol–water partition coefficient (Wildman–Crippen LogP) is 5.39. The van der Waals surface area contributed by atoms with E-state index in [1.165, 1.54) is 54.9 Å². The SMILES string of the molecule is CC(C)N1CCC(CC#Cc2c(Oc3ccc(NC(=O)c4ccnn(-c5ccc(F)cc5)c4=O)cc3F)ccnc2N)CC1. The molecule has 0 radical (unpaired) electrons. The molecule has 1 amide bonds. The molecule has 0 bridgehead atoms. The molecule has 3 heterocycles. The molecular weight excluding hydrogens is 566 g/mol. The van der Waals surface area contributed by atoms with Gasteiger partial charge in [0.15, 0.2) is 11.6 Å². The van der Waals surface area contributed by atoms with Gasteiger partial charge in [0, 0.05) is 42.7 Å². The Kier molecular flexibility index (Phi) is 9.31. The molecule has 226 valence electrons. The lowest BCUT2D eigenvalue weighted by atomic mass is 9.93. The Morgan fingerprint density at radius 1 is 1.07 bits per heavy atom. The maximum atomic E-state index is 15.1. The summed E-state index contributed by atoms with van der Waals surface area (Å²) in [6.45, 7) is 6.52. The lowest BCUT2D eigenvalue weighted by molar-refractivity contribution is 0.102. The highest BCUT2D eigenvalue weighted by atomic mass is 19.1. The van der Waals surface area contributed by atoms with Crippen LogP contribution in [-0.2, 0) is 0 Å². The summed E-state index contributed by atoms with van der Waals surface area (Å²) in [5, 5.41) is 6.47. The average Bonchev–Trinajstić information content (AvgIpc) is 3.00. The van der Waals surface area contributed by atoms with Gasteiger partial charge in [-0.05, 0) is 88.2 Å². The zero-order valence-electron chi connectivity index (χ0n) is 24.4. The van der Waals surface area contributed by atoms with Crippen molar-refractivity contribution in [3.8, 4) is 29.0 Å². The summed E-state index contributed by atoms with van der Waals surface area (Å²) in [7, 11) is 0. The number of hydrogen-bond acceptors (Lipinski definition) is 7. The first-order valence-corrected chi connectivity index (χ1v) is 14.3. The molecule has 9 nitrogen and oxygen atoms in total. The van der Waals surface area contributed by atoms with E-state index in [9.17, 15) is 14.0 Å². The van der Waals surface area contributed by atoms with Crippen LogP contribution in [0.1, 0.15) is 49.0 Å². The summed E-state index contributed by atoms with van der Waals surface area (Å²) in [6.07, 6.45) is 5.61. The molecule has 1 fully saturated rings. The van der Waals surface area contributed by atoms with Crippen LogP contribution < -0.4 is 21.3 Å². The van der Waals surface area contributed by atoms with Crippen LogP contribution in [0.15, 0.2) is 71.8 Å². The van der Waals surface area contributed by atoms with E-state index >= 15 is 4.39 Å². The molecular formula is C33H32F2N6O3. The first-order valence-electron chi connectivity index (χ1n) is 14.3. The molecule has 0 saturated carbocycles. The van der Waals surface area contributed by atoms with Gasteiger partial charge in [-0.3, -0.25) is 9.59 Å². The van der Waals surface area contributed by atoms with Crippen molar-refractivity contribution < 1.29 is 18.3 Å². The van der Waals surface area contributed by atoms with Gasteiger partial charge in [0.05, 0.1) is 5.69 Å². The summed E-state index contributed by atoms with van der Waals surface area (Å²) in [5.41, 5.74) is 5.90. The number of carbonyl (C=O) groups is 1. The third-order valence-corrected chi connectivity index (χ3v) is 7.50. The number of benzene rings is 2. The number of ether oxygens (including phenoxy) is 1. The molecule has 2 aromatic carbocycles. The van der Waals surface area contributed by atoms with Crippen LogP contribution in [0.4, 0.5) is 20.3 Å². The van der Waals surface area contributed by atoms with Crippen molar-refractivity contribution in [1.29, 1.82) is 0 Å². The zero-order valence-corrected chi connectivity index (χ0v) is 24.4. The van der Waals surface area contributed by atoms with Gasteiger partial charge >= 0.3 is 0 Å². The molecule has 3 N–H and O–H groups in total. The van der Waals surface area contributed by atoms with Crippen LogP contribution in [0.3, 0.4) is 0 Å². The van der Waals surface area contributed by atoms with E-state index in [4.69, 9.17) is 10.5 Å². The Labute approximate surface area is 253 Å². The van der Waals surface area contributed by atoms with Gasteiger partial charge < -0.3 is 20.7 Å². The number of nitrogens with one attached hydrogen (secondary N) is 1. The third kappa shape index (κ3) is 7.10. The van der Waals surface area contributed by atoms with Gasteiger partial charge in [-0.15, -0.1) is 0 Å². The molecule has 1 aliphatic rings. The molecule has 44 heavy (non-hydrogen) atoms. The number of pyridine rings is 1.